The fourth-order valence-corrected chi connectivity index (χ4v) is 1.84. The Labute approximate surface area is 115 Å². The van der Waals surface area contributed by atoms with Crippen molar-refractivity contribution in [3.8, 4) is 0 Å². The zero-order chi connectivity index (χ0) is 15.3. The monoisotopic (exact) mass is 284 g/mol. The lowest BCUT2D eigenvalue weighted by atomic mass is 10.1. The summed E-state index contributed by atoms with van der Waals surface area (Å²) in [6.45, 7) is 4.54. The smallest absolute Gasteiger partial charge is 0.285 e. The third kappa shape index (κ3) is 3.21. The number of amides is 1. The SMILES string of the molecule is CCCN(CC)C(=O)c1cc(NN)c(F)cc1[N+](=O)[O-]. The molecule has 1 aromatic carbocycles. The van der Waals surface area contributed by atoms with Crippen molar-refractivity contribution in [3.63, 3.8) is 0 Å². The molecular weight excluding hydrogens is 267 g/mol. The van der Waals surface area contributed by atoms with Crippen molar-refractivity contribution in [2.24, 2.45) is 5.84 Å². The summed E-state index contributed by atoms with van der Waals surface area (Å²) < 4.78 is 13.5. The number of nitro benzene ring substituents is 1. The van der Waals surface area contributed by atoms with Gasteiger partial charge >= 0.3 is 0 Å². The van der Waals surface area contributed by atoms with Gasteiger partial charge in [-0.15, -0.1) is 0 Å². The second-order valence-corrected chi connectivity index (χ2v) is 4.14. The van der Waals surface area contributed by atoms with Crippen LogP contribution >= 0.6 is 0 Å². The van der Waals surface area contributed by atoms with E-state index in [2.05, 4.69) is 5.43 Å². The Hall–Kier alpha value is -2.22. The summed E-state index contributed by atoms with van der Waals surface area (Å²) in [5.74, 6) is 3.73. The Balaban J connectivity index is 3.33. The van der Waals surface area contributed by atoms with E-state index in [0.29, 0.717) is 19.2 Å². The number of nitrogens with two attached hydrogens (primary N) is 1. The number of nitrogen functional groups attached to an aromatic ring is 1. The molecule has 0 aliphatic carbocycles. The van der Waals surface area contributed by atoms with E-state index in [1.54, 1.807) is 6.92 Å². The first kappa shape index (κ1) is 15.8. The summed E-state index contributed by atoms with van der Waals surface area (Å²) in [4.78, 5) is 23.9. The van der Waals surface area contributed by atoms with Crippen LogP contribution in [0.3, 0.4) is 0 Å². The number of rotatable bonds is 6. The lowest BCUT2D eigenvalue weighted by molar-refractivity contribution is -0.385. The topological polar surface area (TPSA) is 102 Å². The highest BCUT2D eigenvalue weighted by atomic mass is 19.1. The van der Waals surface area contributed by atoms with Crippen molar-refractivity contribution < 1.29 is 14.1 Å². The van der Waals surface area contributed by atoms with Gasteiger partial charge in [0.1, 0.15) is 5.56 Å². The zero-order valence-electron chi connectivity index (χ0n) is 11.4. The van der Waals surface area contributed by atoms with Crippen molar-refractivity contribution in [2.45, 2.75) is 20.3 Å². The van der Waals surface area contributed by atoms with E-state index >= 15 is 0 Å². The number of hydrogen-bond donors (Lipinski definition) is 2. The van der Waals surface area contributed by atoms with E-state index in [9.17, 15) is 19.3 Å². The van der Waals surface area contributed by atoms with Crippen LogP contribution in [0, 0.1) is 15.9 Å². The molecule has 1 rings (SSSR count). The molecule has 3 N–H and O–H groups in total. The van der Waals surface area contributed by atoms with Gasteiger partial charge in [0, 0.05) is 13.1 Å². The quantitative estimate of drug-likeness (QED) is 0.472. The molecule has 0 radical (unpaired) electrons. The second-order valence-electron chi connectivity index (χ2n) is 4.14. The maximum Gasteiger partial charge on any atom is 0.285 e. The average Bonchev–Trinajstić information content (AvgIpc) is 2.43. The van der Waals surface area contributed by atoms with Crippen LogP contribution in [0.1, 0.15) is 30.6 Å². The molecule has 0 aliphatic heterocycles. The molecule has 0 aromatic heterocycles. The molecule has 0 unspecified atom stereocenters. The number of nitro groups is 1. The van der Waals surface area contributed by atoms with Crippen molar-refractivity contribution in [1.82, 2.24) is 4.90 Å². The number of anilines is 1. The van der Waals surface area contributed by atoms with E-state index in [1.165, 1.54) is 4.90 Å². The molecule has 20 heavy (non-hydrogen) atoms. The number of hydrazine groups is 1. The van der Waals surface area contributed by atoms with Crippen LogP contribution in [0.15, 0.2) is 12.1 Å². The minimum atomic E-state index is -0.880. The molecule has 0 saturated heterocycles. The van der Waals surface area contributed by atoms with E-state index in [-0.39, 0.29) is 11.3 Å². The van der Waals surface area contributed by atoms with E-state index in [4.69, 9.17) is 5.84 Å². The van der Waals surface area contributed by atoms with Crippen molar-refractivity contribution in [1.29, 1.82) is 0 Å². The first-order chi connectivity index (χ1) is 9.46. The summed E-state index contributed by atoms with van der Waals surface area (Å²) in [6, 6.07) is 1.76. The number of halogens is 1. The highest BCUT2D eigenvalue weighted by molar-refractivity contribution is 5.99. The highest BCUT2D eigenvalue weighted by Gasteiger charge is 2.26. The maximum absolute atomic E-state index is 13.5. The van der Waals surface area contributed by atoms with Crippen LogP contribution in [-0.2, 0) is 0 Å². The van der Waals surface area contributed by atoms with Gasteiger partial charge in [0.05, 0.1) is 16.7 Å². The predicted octanol–water partition coefficient (Wildman–Crippen LogP) is 1.89. The molecule has 0 spiro atoms. The van der Waals surface area contributed by atoms with Crippen LogP contribution in [0.25, 0.3) is 0 Å². The normalized spacial score (nSPS) is 10.2. The predicted molar refractivity (Wildman–Crippen MR) is 72.7 cm³/mol. The van der Waals surface area contributed by atoms with Crippen LogP contribution in [-0.4, -0.2) is 28.8 Å². The molecule has 0 bridgehead atoms. The van der Waals surface area contributed by atoms with Gasteiger partial charge in [0.2, 0.25) is 0 Å². The summed E-state index contributed by atoms with van der Waals surface area (Å²) in [7, 11) is 0. The summed E-state index contributed by atoms with van der Waals surface area (Å²) in [6.07, 6.45) is 0.719. The number of carbonyl (C=O) groups is 1. The zero-order valence-corrected chi connectivity index (χ0v) is 11.4. The number of hydrogen-bond acceptors (Lipinski definition) is 5. The number of nitrogens with zero attached hydrogens (tertiary/aromatic N) is 2. The van der Waals surface area contributed by atoms with Gasteiger partial charge in [-0.2, -0.15) is 0 Å². The molecule has 1 aromatic rings. The first-order valence-electron chi connectivity index (χ1n) is 6.20. The third-order valence-corrected chi connectivity index (χ3v) is 2.83. The molecule has 1 amide bonds. The van der Waals surface area contributed by atoms with Crippen molar-refractivity contribution >= 4 is 17.3 Å². The number of benzene rings is 1. The largest absolute Gasteiger partial charge is 0.339 e. The van der Waals surface area contributed by atoms with E-state index in [0.717, 1.165) is 12.5 Å². The molecule has 0 atom stereocenters. The van der Waals surface area contributed by atoms with E-state index in [1.807, 2.05) is 6.92 Å². The van der Waals surface area contributed by atoms with Gasteiger partial charge in [0.25, 0.3) is 11.6 Å². The second kappa shape index (κ2) is 6.80. The molecule has 110 valence electrons. The molecule has 7 nitrogen and oxygen atoms in total. The maximum atomic E-state index is 13.5. The van der Waals surface area contributed by atoms with E-state index < -0.39 is 22.3 Å². The van der Waals surface area contributed by atoms with Crippen LogP contribution < -0.4 is 11.3 Å². The molecule has 0 heterocycles. The summed E-state index contributed by atoms with van der Waals surface area (Å²) in [5, 5.41) is 11.0. The van der Waals surface area contributed by atoms with Gasteiger partial charge in [0.15, 0.2) is 5.82 Å². The fraction of sp³-hybridized carbons (Fsp3) is 0.417. The van der Waals surface area contributed by atoms with Crippen LogP contribution in [0.4, 0.5) is 15.8 Å². The molecule has 0 saturated carbocycles. The minimum Gasteiger partial charge on any atom is -0.339 e. The molecule has 0 fully saturated rings. The Morgan fingerprint density at radius 3 is 2.60 bits per heavy atom. The highest BCUT2D eigenvalue weighted by Crippen LogP contribution is 2.26. The Morgan fingerprint density at radius 1 is 1.50 bits per heavy atom. The third-order valence-electron chi connectivity index (χ3n) is 2.83. The van der Waals surface area contributed by atoms with Crippen molar-refractivity contribution in [2.75, 3.05) is 18.5 Å². The Bertz CT molecular complexity index is 522. The Kier molecular flexibility index (Phi) is 5.39. The van der Waals surface area contributed by atoms with Gasteiger partial charge in [-0.25, -0.2) is 4.39 Å². The minimum absolute atomic E-state index is 0.161. The van der Waals surface area contributed by atoms with Gasteiger partial charge in [-0.05, 0) is 19.4 Å². The van der Waals surface area contributed by atoms with Gasteiger partial charge < -0.3 is 10.3 Å². The molecule has 0 aliphatic rings. The van der Waals surface area contributed by atoms with Crippen LogP contribution in [0.5, 0.6) is 0 Å². The molecular formula is C12H17FN4O3. The lowest BCUT2D eigenvalue weighted by Crippen LogP contribution is -2.32. The summed E-state index contributed by atoms with van der Waals surface area (Å²) in [5.41, 5.74) is 1.17. The first-order valence-corrected chi connectivity index (χ1v) is 6.20. The van der Waals surface area contributed by atoms with Gasteiger partial charge in [-0.1, -0.05) is 6.92 Å². The Morgan fingerprint density at radius 2 is 2.15 bits per heavy atom. The standard InChI is InChI=1S/C12H17FN4O3/c1-3-5-16(4-2)12(18)8-6-10(15-14)9(13)7-11(8)17(19)20/h6-7,15H,3-5,14H2,1-2H3. The molecule has 8 heteroatoms. The van der Waals surface area contributed by atoms with Crippen molar-refractivity contribution in [3.05, 3.63) is 33.6 Å². The lowest BCUT2D eigenvalue weighted by Gasteiger charge is -2.20. The number of nitrogens with one attached hydrogen (secondary N) is 1. The fourth-order valence-electron chi connectivity index (χ4n) is 1.84. The average molecular weight is 284 g/mol. The summed E-state index contributed by atoms with van der Waals surface area (Å²) >= 11 is 0. The number of carbonyl (C=O) groups excluding carboxylic acids is 1. The van der Waals surface area contributed by atoms with Gasteiger partial charge in [-0.3, -0.25) is 20.8 Å². The van der Waals surface area contributed by atoms with Crippen LogP contribution in [0.2, 0.25) is 0 Å².